The highest BCUT2D eigenvalue weighted by atomic mass is 35.5. The van der Waals surface area contributed by atoms with Crippen molar-refractivity contribution in [3.63, 3.8) is 0 Å². The Morgan fingerprint density at radius 3 is 2.38 bits per heavy atom. The van der Waals surface area contributed by atoms with Crippen LogP contribution in [-0.2, 0) is 11.3 Å². The number of carbonyl (C=O) groups excluding carboxylic acids is 2. The van der Waals surface area contributed by atoms with Crippen LogP contribution in [0, 0.1) is 0 Å². The van der Waals surface area contributed by atoms with Crippen LogP contribution < -0.4 is 15.5 Å². The average molecular weight is 497 g/mol. The zero-order valence-electron chi connectivity index (χ0n) is 17.9. The zero-order valence-corrected chi connectivity index (χ0v) is 19.4. The first-order chi connectivity index (χ1) is 16.4. The molecule has 9 heteroatoms. The highest BCUT2D eigenvalue weighted by Gasteiger charge is 2.23. The molecule has 3 aromatic carbocycles. The van der Waals surface area contributed by atoms with Crippen LogP contribution in [0.1, 0.15) is 15.9 Å². The first-order valence-electron chi connectivity index (χ1n) is 10.1. The van der Waals surface area contributed by atoms with Gasteiger partial charge in [0.05, 0.1) is 24.7 Å². The number of nitrogens with one attached hydrogen (secondary N) is 1. The van der Waals surface area contributed by atoms with Crippen LogP contribution in [-0.4, -0.2) is 23.7 Å². The molecule has 0 fully saturated rings. The Labute approximate surface area is 204 Å². The van der Waals surface area contributed by atoms with Gasteiger partial charge in [-0.2, -0.15) is 0 Å². The van der Waals surface area contributed by atoms with Crippen LogP contribution in [0.25, 0.3) is 16.6 Å². The number of para-hydroxylation sites is 1. The van der Waals surface area contributed by atoms with Crippen molar-refractivity contribution >= 4 is 46.2 Å². The molecule has 4 aromatic rings. The summed E-state index contributed by atoms with van der Waals surface area (Å²) in [6, 6.07) is 20.2. The first kappa shape index (κ1) is 23.4. The van der Waals surface area contributed by atoms with Crippen molar-refractivity contribution in [3.8, 4) is 11.6 Å². The molecule has 1 N–H and O–H groups in total. The lowest BCUT2D eigenvalue weighted by molar-refractivity contribution is 0.0950. The van der Waals surface area contributed by atoms with Crippen LogP contribution in [0.5, 0.6) is 5.88 Å². The Hall–Kier alpha value is -3.81. The van der Waals surface area contributed by atoms with Crippen LogP contribution in [0.3, 0.4) is 0 Å². The summed E-state index contributed by atoms with van der Waals surface area (Å²) in [7, 11) is 1.16. The summed E-state index contributed by atoms with van der Waals surface area (Å²) >= 11 is 12.2. The van der Waals surface area contributed by atoms with Crippen molar-refractivity contribution in [1.29, 1.82) is 0 Å². The molecule has 34 heavy (non-hydrogen) atoms. The number of amides is 1. The van der Waals surface area contributed by atoms with E-state index in [4.69, 9.17) is 27.9 Å². The smallest absolute Gasteiger partial charge is 0.437 e. The van der Waals surface area contributed by atoms with Gasteiger partial charge in [-0.15, -0.1) is 0 Å². The van der Waals surface area contributed by atoms with Crippen LogP contribution in [0.2, 0.25) is 10.0 Å². The number of benzene rings is 3. The molecule has 1 amide bonds. The van der Waals surface area contributed by atoms with E-state index < -0.39 is 17.5 Å². The van der Waals surface area contributed by atoms with E-state index in [0.717, 1.165) is 7.11 Å². The molecule has 0 aliphatic carbocycles. The minimum atomic E-state index is -1.02. The lowest BCUT2D eigenvalue weighted by atomic mass is 10.1. The van der Waals surface area contributed by atoms with Gasteiger partial charge >= 0.3 is 6.16 Å². The lowest BCUT2D eigenvalue weighted by Gasteiger charge is -2.20. The monoisotopic (exact) mass is 496 g/mol. The van der Waals surface area contributed by atoms with Gasteiger partial charge in [-0.3, -0.25) is 14.2 Å². The molecule has 172 valence electrons. The molecule has 0 aliphatic rings. The Morgan fingerprint density at radius 1 is 0.941 bits per heavy atom. The molecule has 0 bridgehead atoms. The standard InChI is InChI=1S/C25H18Cl2N2O5/c1-33-25(32)34-24-20(14-28-23(31)15-6-5-7-16(26)12-15)22(30)19-11-10-17(27)13-21(19)29(24)18-8-3-2-4-9-18/h2-13H,14H2,1H3,(H,28,31). The van der Waals surface area contributed by atoms with E-state index in [-0.39, 0.29) is 18.0 Å². The SMILES string of the molecule is COC(=O)Oc1c(CNC(=O)c2cccc(Cl)c2)c(=O)c2ccc(Cl)cc2n1-c1ccccc1. The van der Waals surface area contributed by atoms with Crippen molar-refractivity contribution in [1.82, 2.24) is 9.88 Å². The number of rotatable bonds is 5. The fourth-order valence-corrected chi connectivity index (χ4v) is 3.86. The van der Waals surface area contributed by atoms with Crippen LogP contribution in [0.4, 0.5) is 4.79 Å². The maximum absolute atomic E-state index is 13.5. The summed E-state index contributed by atoms with van der Waals surface area (Å²) in [5.41, 5.74) is 0.978. The number of ether oxygens (including phenoxy) is 2. The molecule has 0 unspecified atom stereocenters. The van der Waals surface area contributed by atoms with E-state index in [1.54, 1.807) is 65.2 Å². The van der Waals surface area contributed by atoms with Gasteiger partial charge in [0.25, 0.3) is 5.91 Å². The van der Waals surface area contributed by atoms with Crippen LogP contribution in [0.15, 0.2) is 77.6 Å². The number of pyridine rings is 1. The molecular weight excluding hydrogens is 479 g/mol. The molecule has 7 nitrogen and oxygen atoms in total. The Bertz CT molecular complexity index is 1450. The van der Waals surface area contributed by atoms with Gasteiger partial charge < -0.3 is 14.8 Å². The minimum absolute atomic E-state index is 0.0550. The van der Waals surface area contributed by atoms with E-state index in [1.807, 2.05) is 6.07 Å². The van der Waals surface area contributed by atoms with Gasteiger partial charge in [-0.05, 0) is 48.5 Å². The number of aromatic nitrogens is 1. The highest BCUT2D eigenvalue weighted by molar-refractivity contribution is 6.31. The van der Waals surface area contributed by atoms with E-state index >= 15 is 0 Å². The predicted molar refractivity (Wildman–Crippen MR) is 130 cm³/mol. The molecule has 0 atom stereocenters. The van der Waals surface area contributed by atoms with Gasteiger partial charge in [0, 0.05) is 26.7 Å². The maximum atomic E-state index is 13.5. The Kier molecular flexibility index (Phi) is 6.86. The van der Waals surface area contributed by atoms with Gasteiger partial charge in [0.1, 0.15) is 0 Å². The largest absolute Gasteiger partial charge is 0.514 e. The molecule has 0 radical (unpaired) electrons. The van der Waals surface area contributed by atoms with Crippen molar-refractivity contribution in [2.24, 2.45) is 0 Å². The molecule has 4 rings (SSSR count). The van der Waals surface area contributed by atoms with Gasteiger partial charge in [-0.25, -0.2) is 4.79 Å². The van der Waals surface area contributed by atoms with Gasteiger partial charge in [0.15, 0.2) is 5.43 Å². The Balaban J connectivity index is 1.91. The number of fused-ring (bicyclic) bond motifs is 1. The molecular formula is C25H18Cl2N2O5. The van der Waals surface area contributed by atoms with Crippen molar-refractivity contribution in [3.05, 3.63) is 104 Å². The number of carbonyl (C=O) groups is 2. The van der Waals surface area contributed by atoms with Crippen molar-refractivity contribution < 1.29 is 19.1 Å². The zero-order chi connectivity index (χ0) is 24.2. The molecule has 0 saturated carbocycles. The summed E-state index contributed by atoms with van der Waals surface area (Å²) < 4.78 is 11.7. The minimum Gasteiger partial charge on any atom is -0.437 e. The summed E-state index contributed by atoms with van der Waals surface area (Å²) in [5, 5.41) is 3.82. The quantitative estimate of drug-likeness (QED) is 0.375. The Morgan fingerprint density at radius 2 is 1.68 bits per heavy atom. The third-order valence-electron chi connectivity index (χ3n) is 5.05. The maximum Gasteiger partial charge on any atom is 0.514 e. The van der Waals surface area contributed by atoms with Crippen LogP contribution >= 0.6 is 23.2 Å². The highest BCUT2D eigenvalue weighted by Crippen LogP contribution is 2.29. The lowest BCUT2D eigenvalue weighted by Crippen LogP contribution is -2.29. The number of nitrogens with zero attached hydrogens (tertiary/aromatic N) is 1. The third kappa shape index (κ3) is 4.76. The summed E-state index contributed by atoms with van der Waals surface area (Å²) in [5.74, 6) is -0.544. The molecule has 0 spiro atoms. The van der Waals surface area contributed by atoms with Crippen molar-refractivity contribution in [2.45, 2.75) is 6.54 Å². The number of hydrogen-bond donors (Lipinski definition) is 1. The average Bonchev–Trinajstić information content (AvgIpc) is 2.84. The van der Waals surface area contributed by atoms with Crippen molar-refractivity contribution in [2.75, 3.05) is 7.11 Å². The topological polar surface area (TPSA) is 86.6 Å². The number of hydrogen-bond acceptors (Lipinski definition) is 5. The fourth-order valence-electron chi connectivity index (χ4n) is 3.50. The van der Waals surface area contributed by atoms with E-state index in [0.29, 0.717) is 32.2 Å². The second-order valence-electron chi connectivity index (χ2n) is 7.19. The molecule has 0 saturated heterocycles. The van der Waals surface area contributed by atoms with Gasteiger partial charge in [0.2, 0.25) is 5.88 Å². The second kappa shape index (κ2) is 9.99. The van der Waals surface area contributed by atoms with Gasteiger partial charge in [-0.1, -0.05) is 47.5 Å². The van der Waals surface area contributed by atoms with E-state index in [9.17, 15) is 14.4 Å². The third-order valence-corrected chi connectivity index (χ3v) is 5.52. The second-order valence-corrected chi connectivity index (χ2v) is 8.07. The summed E-state index contributed by atoms with van der Waals surface area (Å²) in [6.45, 7) is -0.220. The molecule has 0 aliphatic heterocycles. The van der Waals surface area contributed by atoms with E-state index in [2.05, 4.69) is 10.1 Å². The number of halogens is 2. The number of methoxy groups -OCH3 is 1. The fraction of sp³-hybridized carbons (Fsp3) is 0.0800. The normalized spacial score (nSPS) is 10.7. The molecule has 1 aromatic heterocycles. The predicted octanol–water partition coefficient (Wildman–Crippen LogP) is 5.37. The first-order valence-corrected chi connectivity index (χ1v) is 10.9. The van der Waals surface area contributed by atoms with E-state index in [1.165, 1.54) is 6.07 Å². The summed E-state index contributed by atoms with van der Waals surface area (Å²) in [4.78, 5) is 38.3. The summed E-state index contributed by atoms with van der Waals surface area (Å²) in [6.07, 6.45) is -1.02. The molecule has 1 heterocycles.